The summed E-state index contributed by atoms with van der Waals surface area (Å²) in [7, 11) is 1.90. The molecule has 0 spiro atoms. The Balaban J connectivity index is 1.34. The highest BCUT2D eigenvalue weighted by molar-refractivity contribution is 7.22. The van der Waals surface area contributed by atoms with Crippen LogP contribution in [0.1, 0.15) is 36.3 Å². The summed E-state index contributed by atoms with van der Waals surface area (Å²) in [4.78, 5) is 21.7. The number of anilines is 1. The molecule has 0 saturated heterocycles. The van der Waals surface area contributed by atoms with Gasteiger partial charge in [0.1, 0.15) is 10.0 Å². The highest BCUT2D eigenvalue weighted by atomic mass is 32.1. The number of fused-ring (bicyclic) bond motifs is 2. The van der Waals surface area contributed by atoms with E-state index in [4.69, 9.17) is 4.98 Å². The van der Waals surface area contributed by atoms with Crippen molar-refractivity contribution in [3.63, 3.8) is 0 Å². The maximum atomic E-state index is 12.9. The highest BCUT2D eigenvalue weighted by Crippen LogP contribution is 2.45. The standard InChI is InChI=1S/C25H30N6OS2/c1-16(2)31-11-9-18-21(15-31)34-25(23(18)24-28-19-6-4-5-7-20(19)33-24)29-22(32)8-10-26-12-17-13-27-30(3)14-17/h4-7,13-14,16,26H,8-12,15H2,1-3H3,(H,29,32). The second-order valence-corrected chi connectivity index (χ2v) is 11.1. The zero-order chi connectivity index (χ0) is 23.7. The van der Waals surface area contributed by atoms with E-state index in [0.717, 1.165) is 46.2 Å². The summed E-state index contributed by atoms with van der Waals surface area (Å²) in [5.41, 5.74) is 4.60. The molecule has 9 heteroatoms. The van der Waals surface area contributed by atoms with Gasteiger partial charge in [0.2, 0.25) is 5.91 Å². The molecule has 5 rings (SSSR count). The number of carbonyl (C=O) groups is 1. The Bertz CT molecular complexity index is 1270. The van der Waals surface area contributed by atoms with Gasteiger partial charge in [0.15, 0.2) is 0 Å². The van der Waals surface area contributed by atoms with Gasteiger partial charge in [-0.1, -0.05) is 12.1 Å². The van der Waals surface area contributed by atoms with E-state index in [-0.39, 0.29) is 5.91 Å². The van der Waals surface area contributed by atoms with Gasteiger partial charge in [0.05, 0.1) is 16.4 Å². The molecule has 0 saturated carbocycles. The lowest BCUT2D eigenvalue weighted by atomic mass is 10.0. The Labute approximate surface area is 207 Å². The molecule has 1 aliphatic rings. The molecule has 4 aromatic rings. The van der Waals surface area contributed by atoms with Gasteiger partial charge < -0.3 is 10.6 Å². The number of amides is 1. The lowest BCUT2D eigenvalue weighted by molar-refractivity contribution is -0.116. The average molecular weight is 495 g/mol. The van der Waals surface area contributed by atoms with Crippen molar-refractivity contribution < 1.29 is 4.79 Å². The molecule has 0 radical (unpaired) electrons. The molecule has 178 valence electrons. The van der Waals surface area contributed by atoms with Crippen molar-refractivity contribution in [3.05, 3.63) is 52.7 Å². The summed E-state index contributed by atoms with van der Waals surface area (Å²) >= 11 is 3.42. The van der Waals surface area contributed by atoms with Crippen LogP contribution in [0.2, 0.25) is 0 Å². The van der Waals surface area contributed by atoms with Crippen molar-refractivity contribution in [1.82, 2.24) is 25.0 Å². The van der Waals surface area contributed by atoms with Crippen LogP contribution >= 0.6 is 22.7 Å². The fraction of sp³-hybridized carbons (Fsp3) is 0.400. The van der Waals surface area contributed by atoms with Gasteiger partial charge in [0, 0.05) is 67.9 Å². The third-order valence-electron chi connectivity index (χ3n) is 6.19. The molecule has 0 bridgehead atoms. The summed E-state index contributed by atoms with van der Waals surface area (Å²) in [6, 6.07) is 8.75. The van der Waals surface area contributed by atoms with Crippen molar-refractivity contribution in [1.29, 1.82) is 0 Å². The Morgan fingerprint density at radius 1 is 1.24 bits per heavy atom. The van der Waals surface area contributed by atoms with Crippen LogP contribution in [0.3, 0.4) is 0 Å². The summed E-state index contributed by atoms with van der Waals surface area (Å²) < 4.78 is 2.96. The maximum Gasteiger partial charge on any atom is 0.226 e. The lowest BCUT2D eigenvalue weighted by Gasteiger charge is -2.30. The van der Waals surface area contributed by atoms with Crippen LogP contribution in [0.4, 0.5) is 5.00 Å². The van der Waals surface area contributed by atoms with E-state index in [1.165, 1.54) is 15.1 Å². The number of nitrogens with zero attached hydrogens (tertiary/aromatic N) is 4. The van der Waals surface area contributed by atoms with Gasteiger partial charge in [-0.15, -0.1) is 22.7 Å². The quantitative estimate of drug-likeness (QED) is 0.349. The zero-order valence-electron chi connectivity index (χ0n) is 19.8. The number of thiophene rings is 1. The van der Waals surface area contributed by atoms with E-state index in [0.29, 0.717) is 25.6 Å². The molecule has 0 fully saturated rings. The molecule has 4 heterocycles. The molecule has 1 aliphatic heterocycles. The van der Waals surface area contributed by atoms with Gasteiger partial charge in [-0.05, 0) is 38.0 Å². The summed E-state index contributed by atoms with van der Waals surface area (Å²) in [6.07, 6.45) is 5.22. The second kappa shape index (κ2) is 9.95. The molecule has 34 heavy (non-hydrogen) atoms. The van der Waals surface area contributed by atoms with Crippen molar-refractivity contribution >= 4 is 43.8 Å². The molecule has 7 nitrogen and oxygen atoms in total. The number of aromatic nitrogens is 3. The predicted molar refractivity (Wildman–Crippen MR) is 140 cm³/mol. The SMILES string of the molecule is CC(C)N1CCc2c(sc(NC(=O)CCNCc3cnn(C)c3)c2-c2nc3ccccc3s2)C1. The summed E-state index contributed by atoms with van der Waals surface area (Å²) in [6.45, 7) is 7.77. The van der Waals surface area contributed by atoms with Crippen LogP contribution in [0.15, 0.2) is 36.7 Å². The number of benzene rings is 1. The first-order valence-electron chi connectivity index (χ1n) is 11.7. The number of para-hydroxylation sites is 1. The van der Waals surface area contributed by atoms with Crippen LogP contribution in [0.25, 0.3) is 20.8 Å². The van der Waals surface area contributed by atoms with Gasteiger partial charge >= 0.3 is 0 Å². The highest BCUT2D eigenvalue weighted by Gasteiger charge is 2.28. The Kier molecular flexibility index (Phi) is 6.78. The third kappa shape index (κ3) is 4.93. The largest absolute Gasteiger partial charge is 0.317 e. The van der Waals surface area contributed by atoms with Crippen LogP contribution in [0, 0.1) is 0 Å². The van der Waals surface area contributed by atoms with Gasteiger partial charge in [-0.25, -0.2) is 4.98 Å². The van der Waals surface area contributed by atoms with Crippen LogP contribution in [-0.4, -0.2) is 44.7 Å². The lowest BCUT2D eigenvalue weighted by Crippen LogP contribution is -2.35. The first kappa shape index (κ1) is 23.2. The zero-order valence-corrected chi connectivity index (χ0v) is 21.4. The third-order valence-corrected chi connectivity index (χ3v) is 8.38. The fourth-order valence-electron chi connectivity index (χ4n) is 4.34. The van der Waals surface area contributed by atoms with Crippen molar-refractivity contribution in [3.8, 4) is 10.6 Å². The number of hydrogen-bond acceptors (Lipinski definition) is 7. The minimum absolute atomic E-state index is 0.0281. The van der Waals surface area contributed by atoms with E-state index in [1.54, 1.807) is 27.4 Å². The molecule has 3 aromatic heterocycles. The minimum Gasteiger partial charge on any atom is -0.317 e. The number of carbonyl (C=O) groups excluding carboxylic acids is 1. The summed E-state index contributed by atoms with van der Waals surface area (Å²) in [5.74, 6) is 0.0281. The fourth-order valence-corrected chi connectivity index (χ4v) is 6.74. The first-order valence-corrected chi connectivity index (χ1v) is 13.3. The first-order chi connectivity index (χ1) is 16.5. The van der Waals surface area contributed by atoms with Crippen molar-refractivity contribution in [2.45, 2.75) is 45.8 Å². The van der Waals surface area contributed by atoms with Crippen LogP contribution in [-0.2, 0) is 31.4 Å². The van der Waals surface area contributed by atoms with Crippen molar-refractivity contribution in [2.24, 2.45) is 7.05 Å². The van der Waals surface area contributed by atoms with Crippen molar-refractivity contribution in [2.75, 3.05) is 18.4 Å². The van der Waals surface area contributed by atoms with Crippen LogP contribution < -0.4 is 10.6 Å². The molecule has 1 amide bonds. The number of nitrogens with one attached hydrogen (secondary N) is 2. The number of aryl methyl sites for hydroxylation is 1. The maximum absolute atomic E-state index is 12.9. The van der Waals surface area contributed by atoms with Crippen LogP contribution in [0.5, 0.6) is 0 Å². The molecule has 0 atom stereocenters. The Hall–Kier alpha value is -2.59. The smallest absolute Gasteiger partial charge is 0.226 e. The Morgan fingerprint density at radius 3 is 2.85 bits per heavy atom. The molecular weight excluding hydrogens is 464 g/mol. The molecular formula is C25H30N6OS2. The number of thiazole rings is 1. The van der Waals surface area contributed by atoms with E-state index in [9.17, 15) is 4.79 Å². The number of rotatable bonds is 8. The monoisotopic (exact) mass is 494 g/mol. The topological polar surface area (TPSA) is 75.1 Å². The molecule has 2 N–H and O–H groups in total. The normalized spacial score (nSPS) is 14.1. The molecule has 0 unspecified atom stereocenters. The van der Waals surface area contributed by atoms with Gasteiger partial charge in [-0.3, -0.25) is 14.4 Å². The van der Waals surface area contributed by atoms with E-state index in [1.807, 2.05) is 25.5 Å². The number of hydrogen-bond donors (Lipinski definition) is 2. The van der Waals surface area contributed by atoms with E-state index in [2.05, 4.69) is 52.7 Å². The summed E-state index contributed by atoms with van der Waals surface area (Å²) in [5, 5.41) is 12.7. The predicted octanol–water partition coefficient (Wildman–Crippen LogP) is 4.64. The van der Waals surface area contributed by atoms with Gasteiger partial charge in [0.25, 0.3) is 0 Å². The minimum atomic E-state index is 0.0281. The van der Waals surface area contributed by atoms with Gasteiger partial charge in [-0.2, -0.15) is 5.10 Å². The molecule has 0 aliphatic carbocycles. The van der Waals surface area contributed by atoms with E-state index >= 15 is 0 Å². The Morgan fingerprint density at radius 2 is 2.09 bits per heavy atom. The van der Waals surface area contributed by atoms with E-state index < -0.39 is 0 Å². The molecule has 1 aromatic carbocycles. The second-order valence-electron chi connectivity index (χ2n) is 9.01. The average Bonchev–Trinajstić information content (AvgIpc) is 3.51.